The normalized spacial score (nSPS) is 23.0. The van der Waals surface area contributed by atoms with Crippen LogP contribution in [0.5, 0.6) is 0 Å². The molecule has 0 aromatic heterocycles. The quantitative estimate of drug-likeness (QED) is 0.724. The highest BCUT2D eigenvalue weighted by Crippen LogP contribution is 2.19. The lowest BCUT2D eigenvalue weighted by molar-refractivity contribution is 0.0505. The molecular formula is C14H28N2O4S. The van der Waals surface area contributed by atoms with Gasteiger partial charge in [-0.15, -0.1) is 0 Å². The first-order chi connectivity index (χ1) is 9.55. The third-order valence-corrected chi connectivity index (χ3v) is 4.31. The van der Waals surface area contributed by atoms with Crippen molar-refractivity contribution >= 4 is 15.9 Å². The summed E-state index contributed by atoms with van der Waals surface area (Å²) < 4.78 is 27.3. The Kier molecular flexibility index (Phi) is 6.46. The molecule has 1 aliphatic rings. The molecule has 0 aromatic carbocycles. The highest BCUT2D eigenvalue weighted by molar-refractivity contribution is 7.90. The van der Waals surface area contributed by atoms with E-state index in [1.165, 1.54) is 6.26 Å². The molecule has 0 spiro atoms. The summed E-state index contributed by atoms with van der Waals surface area (Å²) in [6.45, 7) is 6.21. The number of hydrogen-bond acceptors (Lipinski definition) is 5. The van der Waals surface area contributed by atoms with Gasteiger partial charge >= 0.3 is 6.09 Å². The van der Waals surface area contributed by atoms with Gasteiger partial charge in [-0.05, 0) is 53.0 Å². The molecule has 1 fully saturated rings. The van der Waals surface area contributed by atoms with Crippen LogP contribution in [0, 0.1) is 0 Å². The summed E-state index contributed by atoms with van der Waals surface area (Å²) >= 11 is 0. The second-order valence-corrected chi connectivity index (χ2v) is 9.05. The maximum absolute atomic E-state index is 11.7. The Hall–Kier alpha value is -0.820. The van der Waals surface area contributed by atoms with Gasteiger partial charge in [0.05, 0.1) is 5.75 Å². The average molecular weight is 320 g/mol. The molecule has 1 rings (SSSR count). The minimum Gasteiger partial charge on any atom is -0.444 e. The Morgan fingerprint density at radius 2 is 1.86 bits per heavy atom. The Bertz CT molecular complexity index is 442. The molecule has 2 unspecified atom stereocenters. The van der Waals surface area contributed by atoms with Gasteiger partial charge in [0.2, 0.25) is 0 Å². The highest BCUT2D eigenvalue weighted by Gasteiger charge is 2.27. The minimum atomic E-state index is -2.88. The van der Waals surface area contributed by atoms with E-state index in [1.54, 1.807) is 0 Å². The van der Waals surface area contributed by atoms with Gasteiger partial charge < -0.3 is 15.4 Å². The zero-order valence-electron chi connectivity index (χ0n) is 13.4. The van der Waals surface area contributed by atoms with Crippen LogP contribution in [-0.2, 0) is 14.6 Å². The van der Waals surface area contributed by atoms with Crippen LogP contribution in [0.2, 0.25) is 0 Å². The van der Waals surface area contributed by atoms with Crippen molar-refractivity contribution in [3.05, 3.63) is 0 Å². The van der Waals surface area contributed by atoms with E-state index in [-0.39, 0.29) is 17.9 Å². The maximum atomic E-state index is 11.7. The van der Waals surface area contributed by atoms with Crippen molar-refractivity contribution in [2.75, 3.05) is 18.6 Å². The second-order valence-electron chi connectivity index (χ2n) is 6.79. The van der Waals surface area contributed by atoms with Crippen molar-refractivity contribution in [2.24, 2.45) is 0 Å². The summed E-state index contributed by atoms with van der Waals surface area (Å²) in [5.41, 5.74) is -0.480. The van der Waals surface area contributed by atoms with E-state index >= 15 is 0 Å². The van der Waals surface area contributed by atoms with Gasteiger partial charge in [-0.1, -0.05) is 0 Å². The zero-order chi connectivity index (χ0) is 16.1. The lowest BCUT2D eigenvalue weighted by Crippen LogP contribution is -2.39. The van der Waals surface area contributed by atoms with Crippen LogP contribution in [0.1, 0.15) is 46.5 Å². The third-order valence-electron chi connectivity index (χ3n) is 3.28. The zero-order valence-corrected chi connectivity index (χ0v) is 14.3. The Morgan fingerprint density at radius 3 is 2.43 bits per heavy atom. The predicted molar refractivity (Wildman–Crippen MR) is 83.1 cm³/mol. The molecule has 1 aliphatic carbocycles. The van der Waals surface area contributed by atoms with Crippen LogP contribution >= 0.6 is 0 Å². The van der Waals surface area contributed by atoms with Gasteiger partial charge in [0.15, 0.2) is 0 Å². The first-order valence-electron chi connectivity index (χ1n) is 7.46. The van der Waals surface area contributed by atoms with E-state index in [4.69, 9.17) is 4.74 Å². The van der Waals surface area contributed by atoms with Crippen LogP contribution in [-0.4, -0.2) is 50.7 Å². The number of sulfone groups is 1. The number of ether oxygens (including phenoxy) is 1. The van der Waals surface area contributed by atoms with Gasteiger partial charge in [0, 0.05) is 18.3 Å². The van der Waals surface area contributed by atoms with Crippen molar-refractivity contribution < 1.29 is 17.9 Å². The van der Waals surface area contributed by atoms with Gasteiger partial charge in [0.25, 0.3) is 0 Å². The molecule has 0 saturated heterocycles. The van der Waals surface area contributed by atoms with Crippen LogP contribution in [0.4, 0.5) is 4.79 Å². The average Bonchev–Trinajstić information content (AvgIpc) is 2.68. The van der Waals surface area contributed by atoms with Crippen molar-refractivity contribution in [1.82, 2.24) is 10.6 Å². The summed E-state index contributed by atoms with van der Waals surface area (Å²) in [6.07, 6.45) is 4.27. The summed E-state index contributed by atoms with van der Waals surface area (Å²) in [5.74, 6) is 0.215. The molecule has 0 heterocycles. The van der Waals surface area contributed by atoms with Gasteiger partial charge in [-0.3, -0.25) is 0 Å². The molecule has 2 N–H and O–H groups in total. The summed E-state index contributed by atoms with van der Waals surface area (Å²) in [5, 5.41) is 6.23. The summed E-state index contributed by atoms with van der Waals surface area (Å²) in [7, 11) is -2.88. The van der Waals surface area contributed by atoms with Crippen molar-refractivity contribution in [2.45, 2.75) is 64.1 Å². The first-order valence-corrected chi connectivity index (χ1v) is 9.52. The molecule has 1 amide bonds. The molecule has 2 atom stereocenters. The monoisotopic (exact) mass is 320 g/mol. The fourth-order valence-electron chi connectivity index (χ4n) is 2.41. The van der Waals surface area contributed by atoms with E-state index < -0.39 is 15.4 Å². The Labute approximate surface area is 127 Å². The summed E-state index contributed by atoms with van der Waals surface area (Å²) in [6, 6.07) is 0.469. The Morgan fingerprint density at radius 1 is 1.24 bits per heavy atom. The predicted octanol–water partition coefficient (Wildman–Crippen LogP) is 1.46. The smallest absolute Gasteiger partial charge is 0.407 e. The topological polar surface area (TPSA) is 84.5 Å². The fourth-order valence-corrected chi connectivity index (χ4v) is 3.08. The number of carbonyl (C=O) groups is 1. The van der Waals surface area contributed by atoms with E-state index in [9.17, 15) is 13.2 Å². The number of nitrogens with one attached hydrogen (secondary N) is 2. The second kappa shape index (κ2) is 7.45. The minimum absolute atomic E-state index is 0.132. The number of hydrogen-bond donors (Lipinski definition) is 2. The molecule has 124 valence electrons. The SMILES string of the molecule is CC(C)(C)OC(=O)NC1CCC(NCCCS(C)(=O)=O)C1. The van der Waals surface area contributed by atoms with Gasteiger partial charge in [-0.2, -0.15) is 0 Å². The standard InChI is InChI=1S/C14H28N2O4S/c1-14(2,3)20-13(17)16-12-7-6-11(10-12)15-8-5-9-21(4,18)19/h11-12,15H,5-10H2,1-4H3,(H,16,17). The van der Waals surface area contributed by atoms with Crippen molar-refractivity contribution in [3.63, 3.8) is 0 Å². The summed E-state index contributed by atoms with van der Waals surface area (Å²) in [4.78, 5) is 11.7. The maximum Gasteiger partial charge on any atom is 0.407 e. The molecule has 6 nitrogen and oxygen atoms in total. The van der Waals surface area contributed by atoms with E-state index in [0.717, 1.165) is 19.3 Å². The number of alkyl carbamates (subject to hydrolysis) is 1. The van der Waals surface area contributed by atoms with Crippen LogP contribution in [0.3, 0.4) is 0 Å². The molecule has 0 aliphatic heterocycles. The molecule has 1 saturated carbocycles. The molecular weight excluding hydrogens is 292 g/mol. The first kappa shape index (κ1) is 18.2. The van der Waals surface area contributed by atoms with Crippen LogP contribution in [0.25, 0.3) is 0 Å². The number of rotatable bonds is 6. The number of amides is 1. The lowest BCUT2D eigenvalue weighted by atomic mass is 10.2. The molecule has 7 heteroatoms. The third kappa shape index (κ3) is 8.93. The largest absolute Gasteiger partial charge is 0.444 e. The highest BCUT2D eigenvalue weighted by atomic mass is 32.2. The van der Waals surface area contributed by atoms with Crippen LogP contribution in [0.15, 0.2) is 0 Å². The Balaban J connectivity index is 2.19. The molecule has 21 heavy (non-hydrogen) atoms. The van der Waals surface area contributed by atoms with Crippen LogP contribution < -0.4 is 10.6 Å². The van der Waals surface area contributed by atoms with Gasteiger partial charge in [-0.25, -0.2) is 13.2 Å². The van der Waals surface area contributed by atoms with Crippen molar-refractivity contribution in [3.8, 4) is 0 Å². The van der Waals surface area contributed by atoms with Crippen molar-refractivity contribution in [1.29, 1.82) is 0 Å². The van der Waals surface area contributed by atoms with E-state index in [2.05, 4.69) is 10.6 Å². The van der Waals surface area contributed by atoms with Gasteiger partial charge in [0.1, 0.15) is 15.4 Å². The molecule has 0 bridgehead atoms. The molecule has 0 radical (unpaired) electrons. The molecule has 0 aromatic rings. The van der Waals surface area contributed by atoms with E-state index in [1.807, 2.05) is 20.8 Å². The lowest BCUT2D eigenvalue weighted by Gasteiger charge is -2.21. The number of carbonyl (C=O) groups excluding carboxylic acids is 1. The fraction of sp³-hybridized carbons (Fsp3) is 0.929. The van der Waals surface area contributed by atoms with E-state index in [0.29, 0.717) is 19.0 Å².